The number of nitrogens with two attached hydrogens (primary N) is 1. The van der Waals surface area contributed by atoms with Gasteiger partial charge in [0.2, 0.25) is 0 Å². The minimum Gasteiger partial charge on any atom is -0.399 e. The van der Waals surface area contributed by atoms with Crippen LogP contribution in [-0.4, -0.2) is 0 Å². The molecule has 17 heavy (non-hydrogen) atoms. The Labute approximate surface area is 119 Å². The van der Waals surface area contributed by atoms with Gasteiger partial charge in [-0.05, 0) is 41.5 Å². The van der Waals surface area contributed by atoms with Gasteiger partial charge in [-0.3, -0.25) is 0 Å². The van der Waals surface area contributed by atoms with E-state index < -0.39 is 0 Å². The van der Waals surface area contributed by atoms with Gasteiger partial charge in [0.25, 0.3) is 0 Å². The van der Waals surface area contributed by atoms with Crippen LogP contribution in [-0.2, 0) is 0 Å². The first-order valence-corrected chi connectivity index (χ1v) is 6.19. The maximum atomic E-state index is 5.97. The average molecular weight is 307 g/mol. The number of benzene rings is 2. The van der Waals surface area contributed by atoms with E-state index in [2.05, 4.69) is 0 Å². The lowest BCUT2D eigenvalue weighted by molar-refractivity contribution is 1.61. The van der Waals surface area contributed by atoms with Gasteiger partial charge in [-0.2, -0.15) is 0 Å². The summed E-state index contributed by atoms with van der Waals surface area (Å²) >= 11 is 23.8. The summed E-state index contributed by atoms with van der Waals surface area (Å²) in [6.45, 7) is 0. The van der Waals surface area contributed by atoms with Gasteiger partial charge in [0.05, 0.1) is 15.1 Å². The molecule has 0 bridgehead atoms. The molecule has 88 valence electrons. The van der Waals surface area contributed by atoms with Crippen molar-refractivity contribution in [3.8, 4) is 11.1 Å². The Balaban J connectivity index is 2.60. The van der Waals surface area contributed by atoms with Crippen LogP contribution in [0.2, 0.25) is 20.1 Å². The summed E-state index contributed by atoms with van der Waals surface area (Å²) in [5.74, 6) is 0. The molecule has 2 aromatic carbocycles. The predicted octanol–water partition coefficient (Wildman–Crippen LogP) is 5.55. The second-order valence-electron chi connectivity index (χ2n) is 3.53. The van der Waals surface area contributed by atoms with Crippen LogP contribution in [0.4, 0.5) is 5.69 Å². The summed E-state index contributed by atoms with van der Waals surface area (Å²) in [6, 6.07) is 8.70. The van der Waals surface area contributed by atoms with Crippen molar-refractivity contribution in [3.05, 3.63) is 50.4 Å². The average Bonchev–Trinajstić information content (AvgIpc) is 2.23. The highest BCUT2D eigenvalue weighted by Gasteiger charge is 2.08. The van der Waals surface area contributed by atoms with E-state index in [1.165, 1.54) is 0 Å². The fraction of sp³-hybridized carbons (Fsp3) is 0. The molecule has 0 saturated heterocycles. The van der Waals surface area contributed by atoms with E-state index in [1.807, 2.05) is 0 Å². The lowest BCUT2D eigenvalue weighted by atomic mass is 10.1. The van der Waals surface area contributed by atoms with Gasteiger partial charge in [-0.15, -0.1) is 0 Å². The first kappa shape index (κ1) is 12.8. The minimum absolute atomic E-state index is 0.340. The number of anilines is 1. The summed E-state index contributed by atoms with van der Waals surface area (Å²) in [4.78, 5) is 0. The van der Waals surface area contributed by atoms with Crippen LogP contribution in [0.3, 0.4) is 0 Å². The van der Waals surface area contributed by atoms with Crippen LogP contribution in [0, 0.1) is 0 Å². The summed E-state index contributed by atoms with van der Waals surface area (Å²) in [5.41, 5.74) is 7.97. The zero-order valence-electron chi connectivity index (χ0n) is 8.48. The number of nitrogen functional groups attached to an aromatic ring is 1. The van der Waals surface area contributed by atoms with Crippen molar-refractivity contribution < 1.29 is 0 Å². The molecule has 0 aromatic heterocycles. The Morgan fingerprint density at radius 1 is 0.706 bits per heavy atom. The molecule has 0 heterocycles. The quantitative estimate of drug-likeness (QED) is 0.542. The summed E-state index contributed by atoms with van der Waals surface area (Å²) in [6.07, 6.45) is 0. The van der Waals surface area contributed by atoms with Crippen LogP contribution in [0.1, 0.15) is 0 Å². The van der Waals surface area contributed by atoms with E-state index in [1.54, 1.807) is 30.3 Å². The highest BCUT2D eigenvalue weighted by atomic mass is 35.5. The highest BCUT2D eigenvalue weighted by Crippen LogP contribution is 2.36. The fourth-order valence-corrected chi connectivity index (χ4v) is 2.34. The Morgan fingerprint density at radius 2 is 1.24 bits per heavy atom. The molecule has 0 spiro atoms. The van der Waals surface area contributed by atoms with Crippen LogP contribution in [0.15, 0.2) is 30.3 Å². The molecule has 5 heteroatoms. The van der Waals surface area contributed by atoms with Crippen LogP contribution < -0.4 is 5.73 Å². The molecule has 2 aromatic rings. The molecule has 2 N–H and O–H groups in total. The highest BCUT2D eigenvalue weighted by molar-refractivity contribution is 6.48. The molecule has 1 nitrogen and oxygen atoms in total. The number of halogens is 4. The lowest BCUT2D eigenvalue weighted by Gasteiger charge is -2.07. The summed E-state index contributed by atoms with van der Waals surface area (Å²) in [7, 11) is 0. The standard InChI is InChI=1S/C12H7Cl4N/c13-8-1-6(2-9(17)5-8)7-3-10(14)12(16)11(15)4-7/h1-5H,17H2. The normalized spacial score (nSPS) is 10.6. The van der Waals surface area contributed by atoms with Gasteiger partial charge in [0.15, 0.2) is 0 Å². The smallest absolute Gasteiger partial charge is 0.0778 e. The van der Waals surface area contributed by atoms with E-state index in [0.29, 0.717) is 25.8 Å². The maximum Gasteiger partial charge on any atom is 0.0778 e. The Hall–Kier alpha value is -0.600. The van der Waals surface area contributed by atoms with Crippen molar-refractivity contribution in [2.75, 3.05) is 5.73 Å². The maximum absolute atomic E-state index is 5.97. The van der Waals surface area contributed by atoms with Crippen LogP contribution in [0.25, 0.3) is 11.1 Å². The first-order chi connectivity index (χ1) is 7.97. The third-order valence-electron chi connectivity index (χ3n) is 2.24. The SMILES string of the molecule is Nc1cc(Cl)cc(-c2cc(Cl)c(Cl)c(Cl)c2)c1. The zero-order chi connectivity index (χ0) is 12.6. The predicted molar refractivity (Wildman–Crippen MR) is 76.3 cm³/mol. The van der Waals surface area contributed by atoms with Crippen LogP contribution in [0.5, 0.6) is 0 Å². The van der Waals surface area contributed by atoms with Gasteiger partial charge >= 0.3 is 0 Å². The van der Waals surface area contributed by atoms with Gasteiger partial charge in [0.1, 0.15) is 0 Å². The van der Waals surface area contributed by atoms with Crippen molar-refractivity contribution in [1.29, 1.82) is 0 Å². The monoisotopic (exact) mass is 305 g/mol. The lowest BCUT2D eigenvalue weighted by Crippen LogP contribution is -1.87. The Bertz CT molecular complexity index is 537. The van der Waals surface area contributed by atoms with E-state index >= 15 is 0 Å². The third kappa shape index (κ3) is 2.80. The molecule has 0 saturated carbocycles. The minimum atomic E-state index is 0.340. The number of hydrogen-bond donors (Lipinski definition) is 1. The van der Waals surface area contributed by atoms with E-state index in [9.17, 15) is 0 Å². The molecule has 0 unspecified atom stereocenters. The second-order valence-corrected chi connectivity index (χ2v) is 5.16. The molecular formula is C12H7Cl4N. The number of hydrogen-bond acceptors (Lipinski definition) is 1. The summed E-state index contributed by atoms with van der Waals surface area (Å²) < 4.78 is 0. The van der Waals surface area contributed by atoms with Gasteiger partial charge in [-0.25, -0.2) is 0 Å². The molecule has 0 aliphatic carbocycles. The molecule has 0 radical (unpaired) electrons. The second kappa shape index (κ2) is 4.95. The van der Waals surface area contributed by atoms with Crippen molar-refractivity contribution in [3.63, 3.8) is 0 Å². The van der Waals surface area contributed by atoms with E-state index in [-0.39, 0.29) is 0 Å². The molecule has 0 aliphatic heterocycles. The largest absolute Gasteiger partial charge is 0.399 e. The topological polar surface area (TPSA) is 26.0 Å². The van der Waals surface area contributed by atoms with Crippen LogP contribution >= 0.6 is 46.4 Å². The Morgan fingerprint density at radius 3 is 1.76 bits per heavy atom. The Kier molecular flexibility index (Phi) is 3.74. The van der Waals surface area contributed by atoms with Gasteiger partial charge < -0.3 is 5.73 Å². The molecular weight excluding hydrogens is 300 g/mol. The van der Waals surface area contributed by atoms with E-state index in [4.69, 9.17) is 52.1 Å². The molecule has 0 amide bonds. The summed E-state index contributed by atoms with van der Waals surface area (Å²) in [5, 5.41) is 1.69. The van der Waals surface area contributed by atoms with Crippen molar-refractivity contribution in [1.82, 2.24) is 0 Å². The van der Waals surface area contributed by atoms with Gasteiger partial charge in [-0.1, -0.05) is 46.4 Å². The van der Waals surface area contributed by atoms with E-state index in [0.717, 1.165) is 11.1 Å². The number of rotatable bonds is 1. The molecule has 2 rings (SSSR count). The molecule has 0 aliphatic rings. The molecule has 0 atom stereocenters. The fourth-order valence-electron chi connectivity index (χ4n) is 1.50. The van der Waals surface area contributed by atoms with Gasteiger partial charge in [0, 0.05) is 10.7 Å². The third-order valence-corrected chi connectivity index (χ3v) is 3.65. The molecule has 0 fully saturated rings. The van der Waals surface area contributed by atoms with Crippen molar-refractivity contribution in [2.45, 2.75) is 0 Å². The van der Waals surface area contributed by atoms with Crippen molar-refractivity contribution >= 4 is 52.1 Å². The van der Waals surface area contributed by atoms with Crippen molar-refractivity contribution in [2.24, 2.45) is 0 Å². The first-order valence-electron chi connectivity index (χ1n) is 4.68. The zero-order valence-corrected chi connectivity index (χ0v) is 11.5.